The molecule has 0 atom stereocenters. The van der Waals surface area contributed by atoms with Crippen LogP contribution in [0.15, 0.2) is 35.7 Å². The van der Waals surface area contributed by atoms with Gasteiger partial charge in [0.25, 0.3) is 0 Å². The summed E-state index contributed by atoms with van der Waals surface area (Å²) < 4.78 is 0. The number of thiazole rings is 1. The van der Waals surface area contributed by atoms with Crippen LogP contribution in [0.2, 0.25) is 5.02 Å². The zero-order valence-corrected chi connectivity index (χ0v) is 12.7. The highest BCUT2D eigenvalue weighted by Gasteiger charge is 1.98. The number of hydrogen-bond acceptors (Lipinski definition) is 3. The van der Waals surface area contributed by atoms with Gasteiger partial charge in [-0.1, -0.05) is 23.7 Å². The summed E-state index contributed by atoms with van der Waals surface area (Å²) in [6.45, 7) is 2.52. The number of hydrogen-bond donors (Lipinski definition) is 1. The van der Waals surface area contributed by atoms with E-state index in [0.717, 1.165) is 22.7 Å². The number of rotatable bonds is 5. The lowest BCUT2D eigenvalue weighted by atomic mass is 10.1. The number of aryl methyl sites for hydroxylation is 1. The highest BCUT2D eigenvalue weighted by atomic mass is 35.5. The Kier molecular flexibility index (Phi) is 5.32. The summed E-state index contributed by atoms with van der Waals surface area (Å²) in [6, 6.07) is 7.64. The molecule has 104 valence electrons. The van der Waals surface area contributed by atoms with Crippen molar-refractivity contribution in [2.24, 2.45) is 0 Å². The van der Waals surface area contributed by atoms with Gasteiger partial charge in [-0.2, -0.15) is 0 Å². The number of carbonyl (C=O) groups is 1. The normalized spacial score (nSPS) is 10.9. The number of halogens is 1. The van der Waals surface area contributed by atoms with Crippen molar-refractivity contribution < 1.29 is 4.79 Å². The van der Waals surface area contributed by atoms with E-state index in [0.29, 0.717) is 11.6 Å². The van der Waals surface area contributed by atoms with Gasteiger partial charge in [0.05, 0.1) is 10.7 Å². The van der Waals surface area contributed by atoms with E-state index in [9.17, 15) is 4.79 Å². The molecule has 0 radical (unpaired) electrons. The van der Waals surface area contributed by atoms with Gasteiger partial charge in [0.2, 0.25) is 5.91 Å². The molecule has 0 spiro atoms. The topological polar surface area (TPSA) is 42.0 Å². The molecule has 0 aliphatic carbocycles. The molecule has 1 N–H and O–H groups in total. The number of nitrogens with zero attached hydrogens (tertiary/aromatic N) is 1. The molecule has 0 fully saturated rings. The van der Waals surface area contributed by atoms with Crippen molar-refractivity contribution in [2.45, 2.75) is 13.3 Å². The van der Waals surface area contributed by atoms with Gasteiger partial charge >= 0.3 is 0 Å². The van der Waals surface area contributed by atoms with Crippen molar-refractivity contribution >= 4 is 34.9 Å². The van der Waals surface area contributed by atoms with Crippen LogP contribution in [0.3, 0.4) is 0 Å². The third-order valence-corrected chi connectivity index (χ3v) is 3.67. The largest absolute Gasteiger partial charge is 0.352 e. The van der Waals surface area contributed by atoms with Crippen LogP contribution in [0, 0.1) is 6.92 Å². The van der Waals surface area contributed by atoms with Crippen LogP contribution in [-0.2, 0) is 11.2 Å². The fourth-order valence-electron chi connectivity index (χ4n) is 1.70. The fraction of sp³-hybridized carbons (Fsp3) is 0.200. The van der Waals surface area contributed by atoms with E-state index in [1.807, 2.05) is 36.6 Å². The van der Waals surface area contributed by atoms with E-state index >= 15 is 0 Å². The number of nitrogens with one attached hydrogen (secondary N) is 1. The van der Waals surface area contributed by atoms with Crippen molar-refractivity contribution in [1.82, 2.24) is 10.3 Å². The Labute approximate surface area is 127 Å². The Hall–Kier alpha value is -1.65. The van der Waals surface area contributed by atoms with Gasteiger partial charge in [0.1, 0.15) is 0 Å². The molecule has 1 amide bonds. The average Bonchev–Trinajstić information content (AvgIpc) is 2.82. The number of benzene rings is 1. The van der Waals surface area contributed by atoms with Gasteiger partial charge in [0, 0.05) is 23.0 Å². The van der Waals surface area contributed by atoms with Crippen molar-refractivity contribution in [1.29, 1.82) is 0 Å². The molecule has 1 aromatic heterocycles. The predicted molar refractivity (Wildman–Crippen MR) is 84.1 cm³/mol. The zero-order chi connectivity index (χ0) is 14.4. The molecular formula is C15H15ClN2OS. The molecule has 20 heavy (non-hydrogen) atoms. The first kappa shape index (κ1) is 14.8. The lowest BCUT2D eigenvalue weighted by Gasteiger charge is -2.03. The van der Waals surface area contributed by atoms with E-state index < -0.39 is 0 Å². The van der Waals surface area contributed by atoms with Gasteiger partial charge in [0.15, 0.2) is 0 Å². The van der Waals surface area contributed by atoms with Gasteiger partial charge in [-0.25, -0.2) is 4.98 Å². The lowest BCUT2D eigenvalue weighted by Crippen LogP contribution is -2.23. The predicted octanol–water partition coefficient (Wildman–Crippen LogP) is 3.48. The van der Waals surface area contributed by atoms with Crippen LogP contribution in [0.4, 0.5) is 0 Å². The van der Waals surface area contributed by atoms with E-state index in [1.165, 1.54) is 6.08 Å². The summed E-state index contributed by atoms with van der Waals surface area (Å²) in [4.78, 5) is 15.9. The maximum Gasteiger partial charge on any atom is 0.244 e. The zero-order valence-electron chi connectivity index (χ0n) is 11.1. The summed E-state index contributed by atoms with van der Waals surface area (Å²) in [6.07, 6.45) is 3.99. The maximum atomic E-state index is 11.6. The molecule has 1 aromatic carbocycles. The molecule has 5 heteroatoms. The first-order chi connectivity index (χ1) is 9.63. The third kappa shape index (κ3) is 4.79. The first-order valence-electron chi connectivity index (χ1n) is 6.26. The molecule has 3 nitrogen and oxygen atoms in total. The quantitative estimate of drug-likeness (QED) is 0.859. The van der Waals surface area contributed by atoms with Gasteiger partial charge in [-0.15, -0.1) is 11.3 Å². The molecule has 0 aliphatic rings. The SMILES string of the molecule is Cc1nc(/C=C/C(=O)NCCc2cccc(Cl)c2)cs1. The molecule has 0 unspecified atom stereocenters. The van der Waals surface area contributed by atoms with Crippen LogP contribution in [0.1, 0.15) is 16.3 Å². The minimum absolute atomic E-state index is 0.113. The third-order valence-electron chi connectivity index (χ3n) is 2.64. The molecule has 0 bridgehead atoms. The maximum absolute atomic E-state index is 11.6. The molecule has 0 aliphatic heterocycles. The van der Waals surface area contributed by atoms with Gasteiger partial charge < -0.3 is 5.32 Å². The minimum Gasteiger partial charge on any atom is -0.352 e. The summed E-state index contributed by atoms with van der Waals surface area (Å²) in [5, 5.41) is 6.46. The summed E-state index contributed by atoms with van der Waals surface area (Å²) in [5.74, 6) is -0.113. The number of amides is 1. The van der Waals surface area contributed by atoms with Crippen LogP contribution in [-0.4, -0.2) is 17.4 Å². The van der Waals surface area contributed by atoms with Crippen LogP contribution in [0.5, 0.6) is 0 Å². The standard InChI is InChI=1S/C15H15ClN2OS/c1-11-18-14(10-20-11)5-6-15(19)17-8-7-12-3-2-4-13(16)9-12/h2-6,9-10H,7-8H2,1H3,(H,17,19)/b6-5+. The summed E-state index contributed by atoms with van der Waals surface area (Å²) >= 11 is 7.47. The second-order valence-electron chi connectivity index (χ2n) is 4.30. The minimum atomic E-state index is -0.113. The average molecular weight is 307 g/mol. The Bertz CT molecular complexity index is 622. The van der Waals surface area contributed by atoms with Crippen LogP contribution < -0.4 is 5.32 Å². The van der Waals surface area contributed by atoms with Crippen molar-refractivity contribution in [2.75, 3.05) is 6.54 Å². The molecule has 0 saturated carbocycles. The van der Waals surface area contributed by atoms with Crippen LogP contribution in [0.25, 0.3) is 6.08 Å². The van der Waals surface area contributed by atoms with E-state index in [1.54, 1.807) is 17.4 Å². The van der Waals surface area contributed by atoms with Crippen molar-refractivity contribution in [3.63, 3.8) is 0 Å². The highest BCUT2D eigenvalue weighted by Crippen LogP contribution is 2.11. The molecule has 0 saturated heterocycles. The Morgan fingerprint density at radius 2 is 2.35 bits per heavy atom. The van der Waals surface area contributed by atoms with E-state index in [4.69, 9.17) is 11.6 Å². The molecular weight excluding hydrogens is 292 g/mol. The second kappa shape index (κ2) is 7.22. The monoisotopic (exact) mass is 306 g/mol. The Morgan fingerprint density at radius 1 is 1.50 bits per heavy atom. The Balaban J connectivity index is 1.76. The van der Waals surface area contributed by atoms with Crippen molar-refractivity contribution in [3.8, 4) is 0 Å². The van der Waals surface area contributed by atoms with E-state index in [2.05, 4.69) is 10.3 Å². The second-order valence-corrected chi connectivity index (χ2v) is 5.79. The lowest BCUT2D eigenvalue weighted by molar-refractivity contribution is -0.116. The fourth-order valence-corrected chi connectivity index (χ4v) is 2.49. The molecule has 2 rings (SSSR count). The number of aromatic nitrogens is 1. The van der Waals surface area contributed by atoms with Gasteiger partial charge in [-0.3, -0.25) is 4.79 Å². The Morgan fingerprint density at radius 3 is 3.05 bits per heavy atom. The smallest absolute Gasteiger partial charge is 0.244 e. The van der Waals surface area contributed by atoms with E-state index in [-0.39, 0.29) is 5.91 Å². The highest BCUT2D eigenvalue weighted by molar-refractivity contribution is 7.09. The number of carbonyl (C=O) groups excluding carboxylic acids is 1. The summed E-state index contributed by atoms with van der Waals surface area (Å²) in [7, 11) is 0. The molecule has 2 aromatic rings. The van der Waals surface area contributed by atoms with Crippen molar-refractivity contribution in [3.05, 3.63) is 57.0 Å². The summed E-state index contributed by atoms with van der Waals surface area (Å²) in [5.41, 5.74) is 1.93. The van der Waals surface area contributed by atoms with Crippen LogP contribution >= 0.6 is 22.9 Å². The first-order valence-corrected chi connectivity index (χ1v) is 7.52. The molecule has 1 heterocycles. The van der Waals surface area contributed by atoms with Gasteiger partial charge in [-0.05, 0) is 37.1 Å².